The molecule has 2 aromatic rings. The Morgan fingerprint density at radius 2 is 2.09 bits per heavy atom. The number of rotatable bonds is 5. The third-order valence-electron chi connectivity index (χ3n) is 3.07. The molecular weight excluding hydrogens is 310 g/mol. The molecule has 0 aliphatic heterocycles. The summed E-state index contributed by atoms with van der Waals surface area (Å²) in [5.41, 5.74) is 4.37. The molecule has 1 heterocycles. The second-order valence-electron chi connectivity index (χ2n) is 6.33. The Morgan fingerprint density at radius 1 is 1.35 bits per heavy atom. The van der Waals surface area contributed by atoms with Gasteiger partial charge < -0.3 is 15.0 Å². The summed E-state index contributed by atoms with van der Waals surface area (Å²) < 4.78 is 5.39. The zero-order valence-corrected chi connectivity index (χ0v) is 14.8. The average molecular weight is 333 g/mol. The number of nitrogens with zero attached hydrogens (tertiary/aromatic N) is 2. The fourth-order valence-electron chi connectivity index (χ4n) is 2.00. The molecule has 6 heteroatoms. The number of anilines is 1. The summed E-state index contributed by atoms with van der Waals surface area (Å²) in [5, 5.41) is 5.39. The van der Waals surface area contributed by atoms with E-state index in [1.165, 1.54) is 0 Å². The second kappa shape index (κ2) is 7.46. The summed E-state index contributed by atoms with van der Waals surface area (Å²) in [5.74, 6) is 0. The maximum Gasteiger partial charge on any atom is 0.410 e. The van der Waals surface area contributed by atoms with E-state index in [0.717, 1.165) is 16.9 Å². The van der Waals surface area contributed by atoms with E-state index in [2.05, 4.69) is 10.3 Å². The van der Waals surface area contributed by atoms with Crippen LogP contribution in [0, 0.1) is 0 Å². The fraction of sp³-hybridized carbons (Fsp3) is 0.412. The minimum Gasteiger partial charge on any atom is -0.444 e. The van der Waals surface area contributed by atoms with Gasteiger partial charge in [0.2, 0.25) is 0 Å². The van der Waals surface area contributed by atoms with Crippen molar-refractivity contribution in [3.05, 3.63) is 46.4 Å². The van der Waals surface area contributed by atoms with Gasteiger partial charge >= 0.3 is 6.09 Å². The first-order valence-corrected chi connectivity index (χ1v) is 8.42. The summed E-state index contributed by atoms with van der Waals surface area (Å²) in [4.78, 5) is 17.9. The lowest BCUT2D eigenvalue weighted by atomic mass is 10.1. The third-order valence-corrected chi connectivity index (χ3v) is 3.71. The Balaban J connectivity index is 2.00. The first kappa shape index (κ1) is 17.3. The summed E-state index contributed by atoms with van der Waals surface area (Å²) in [6, 6.07) is 7.95. The van der Waals surface area contributed by atoms with Gasteiger partial charge in [-0.15, -0.1) is 11.3 Å². The van der Waals surface area contributed by atoms with Gasteiger partial charge in [0, 0.05) is 18.1 Å². The zero-order chi connectivity index (χ0) is 16.9. The molecule has 5 nitrogen and oxygen atoms in total. The minimum atomic E-state index is -0.492. The number of hydrogen-bond donors (Lipinski definition) is 1. The highest BCUT2D eigenvalue weighted by Gasteiger charge is 2.20. The molecule has 0 saturated carbocycles. The van der Waals surface area contributed by atoms with Crippen molar-refractivity contribution in [2.24, 2.45) is 0 Å². The van der Waals surface area contributed by atoms with E-state index < -0.39 is 5.60 Å². The monoisotopic (exact) mass is 333 g/mol. The van der Waals surface area contributed by atoms with Crippen LogP contribution in [0.5, 0.6) is 0 Å². The Morgan fingerprint density at radius 3 is 2.74 bits per heavy atom. The van der Waals surface area contributed by atoms with Crippen molar-refractivity contribution in [2.75, 3.05) is 12.4 Å². The van der Waals surface area contributed by atoms with E-state index in [0.29, 0.717) is 13.1 Å². The van der Waals surface area contributed by atoms with Crippen LogP contribution in [0.3, 0.4) is 0 Å². The van der Waals surface area contributed by atoms with Crippen molar-refractivity contribution < 1.29 is 9.53 Å². The molecule has 1 aromatic carbocycles. The molecule has 1 N–H and O–H groups in total. The van der Waals surface area contributed by atoms with Crippen molar-refractivity contribution in [1.82, 2.24) is 9.88 Å². The van der Waals surface area contributed by atoms with Crippen LogP contribution in [0.25, 0.3) is 0 Å². The van der Waals surface area contributed by atoms with Crippen LogP contribution in [0.4, 0.5) is 10.5 Å². The molecule has 23 heavy (non-hydrogen) atoms. The molecule has 1 aromatic heterocycles. The third kappa shape index (κ3) is 5.56. The van der Waals surface area contributed by atoms with Crippen LogP contribution in [0.1, 0.15) is 32.0 Å². The van der Waals surface area contributed by atoms with Gasteiger partial charge in [0.25, 0.3) is 0 Å². The highest BCUT2D eigenvalue weighted by atomic mass is 32.1. The van der Waals surface area contributed by atoms with Gasteiger partial charge in [-0.2, -0.15) is 0 Å². The van der Waals surface area contributed by atoms with Gasteiger partial charge in [0.15, 0.2) is 0 Å². The number of amides is 1. The summed E-state index contributed by atoms with van der Waals surface area (Å²) in [6.07, 6.45) is -0.327. The molecule has 0 saturated heterocycles. The number of aromatic nitrogens is 1. The highest BCUT2D eigenvalue weighted by molar-refractivity contribution is 7.07. The van der Waals surface area contributed by atoms with Crippen molar-refractivity contribution in [3.8, 4) is 0 Å². The quantitative estimate of drug-likeness (QED) is 0.894. The largest absolute Gasteiger partial charge is 0.444 e. The van der Waals surface area contributed by atoms with Crippen molar-refractivity contribution >= 4 is 23.1 Å². The van der Waals surface area contributed by atoms with Gasteiger partial charge in [0.05, 0.1) is 24.3 Å². The predicted octanol–water partition coefficient (Wildman–Crippen LogP) is 4.12. The number of carbonyl (C=O) groups is 1. The van der Waals surface area contributed by atoms with E-state index in [1.54, 1.807) is 23.3 Å². The lowest BCUT2D eigenvalue weighted by Gasteiger charge is -2.25. The molecule has 0 unspecified atom stereocenters. The van der Waals surface area contributed by atoms with Gasteiger partial charge in [0.1, 0.15) is 5.60 Å². The minimum absolute atomic E-state index is 0.327. The van der Waals surface area contributed by atoms with Crippen LogP contribution >= 0.6 is 11.3 Å². The highest BCUT2D eigenvalue weighted by Crippen LogP contribution is 2.19. The molecule has 0 fully saturated rings. The van der Waals surface area contributed by atoms with E-state index in [4.69, 9.17) is 4.74 Å². The number of nitrogens with one attached hydrogen (secondary N) is 1. The normalized spacial score (nSPS) is 11.1. The van der Waals surface area contributed by atoms with Gasteiger partial charge in [-0.3, -0.25) is 0 Å². The first-order chi connectivity index (χ1) is 10.8. The smallest absolute Gasteiger partial charge is 0.410 e. The molecule has 0 aliphatic rings. The topological polar surface area (TPSA) is 54.5 Å². The summed E-state index contributed by atoms with van der Waals surface area (Å²) >= 11 is 1.58. The number of hydrogen-bond acceptors (Lipinski definition) is 5. The second-order valence-corrected chi connectivity index (χ2v) is 7.05. The number of para-hydroxylation sites is 1. The SMILES string of the molecule is CN(Cc1ccccc1NCc1cscn1)C(=O)OC(C)(C)C. The molecular formula is C17H23N3O2S. The van der Waals surface area contributed by atoms with Crippen molar-refractivity contribution in [2.45, 2.75) is 39.5 Å². The molecule has 0 spiro atoms. The van der Waals surface area contributed by atoms with Crippen LogP contribution in [0.15, 0.2) is 35.2 Å². The van der Waals surface area contributed by atoms with Crippen LogP contribution < -0.4 is 5.32 Å². The first-order valence-electron chi connectivity index (χ1n) is 7.48. The van der Waals surface area contributed by atoms with E-state index in [-0.39, 0.29) is 6.09 Å². The molecule has 2 rings (SSSR count). The molecule has 0 aliphatic carbocycles. The maximum absolute atomic E-state index is 12.1. The Labute approximate surface area is 141 Å². The molecule has 1 amide bonds. The molecule has 0 bridgehead atoms. The van der Waals surface area contributed by atoms with E-state index in [1.807, 2.05) is 55.9 Å². The van der Waals surface area contributed by atoms with E-state index in [9.17, 15) is 4.79 Å². The summed E-state index contributed by atoms with van der Waals surface area (Å²) in [7, 11) is 1.74. The number of thiazole rings is 1. The Bertz CT molecular complexity index is 636. The molecule has 0 atom stereocenters. The lowest BCUT2D eigenvalue weighted by Crippen LogP contribution is -2.33. The standard InChI is InChI=1S/C17H23N3O2S/c1-17(2,3)22-16(21)20(4)10-13-7-5-6-8-15(13)18-9-14-11-23-12-19-14/h5-8,11-12,18H,9-10H2,1-4H3. The van der Waals surface area contributed by atoms with Crippen LogP contribution in [0.2, 0.25) is 0 Å². The Hall–Kier alpha value is -2.08. The van der Waals surface area contributed by atoms with Crippen molar-refractivity contribution in [3.63, 3.8) is 0 Å². The number of benzene rings is 1. The average Bonchev–Trinajstić information content (AvgIpc) is 2.98. The molecule has 0 radical (unpaired) electrons. The van der Waals surface area contributed by atoms with Crippen LogP contribution in [-0.2, 0) is 17.8 Å². The Kier molecular flexibility index (Phi) is 5.60. The van der Waals surface area contributed by atoms with Gasteiger partial charge in [-0.05, 0) is 32.4 Å². The number of ether oxygens (including phenoxy) is 1. The van der Waals surface area contributed by atoms with E-state index >= 15 is 0 Å². The van der Waals surface area contributed by atoms with Crippen LogP contribution in [-0.4, -0.2) is 28.6 Å². The fourth-order valence-corrected chi connectivity index (χ4v) is 2.56. The van der Waals surface area contributed by atoms with Crippen molar-refractivity contribution in [1.29, 1.82) is 0 Å². The maximum atomic E-state index is 12.1. The molecule has 124 valence electrons. The predicted molar refractivity (Wildman–Crippen MR) is 93.6 cm³/mol. The van der Waals surface area contributed by atoms with Gasteiger partial charge in [-0.25, -0.2) is 9.78 Å². The summed E-state index contributed by atoms with van der Waals surface area (Å²) in [6.45, 7) is 6.73. The lowest BCUT2D eigenvalue weighted by molar-refractivity contribution is 0.0285. The number of carbonyl (C=O) groups excluding carboxylic acids is 1. The zero-order valence-electron chi connectivity index (χ0n) is 14.0. The van der Waals surface area contributed by atoms with Gasteiger partial charge in [-0.1, -0.05) is 18.2 Å².